The molecule has 0 heterocycles. The van der Waals surface area contributed by atoms with Gasteiger partial charge in [-0.3, -0.25) is 9.63 Å². The summed E-state index contributed by atoms with van der Waals surface area (Å²) in [6.07, 6.45) is 0.576. The van der Waals surface area contributed by atoms with Gasteiger partial charge in [-0.1, -0.05) is 44.2 Å². The predicted molar refractivity (Wildman–Crippen MR) is 96.7 cm³/mol. The van der Waals surface area contributed by atoms with Crippen LogP contribution < -0.4 is 5.32 Å². The van der Waals surface area contributed by atoms with Crippen molar-refractivity contribution in [2.45, 2.75) is 38.8 Å². The van der Waals surface area contributed by atoms with Crippen molar-refractivity contribution >= 4 is 19.8 Å². The van der Waals surface area contributed by atoms with Gasteiger partial charge >= 0.3 is 5.97 Å². The van der Waals surface area contributed by atoms with E-state index in [4.69, 9.17) is 4.84 Å². The van der Waals surface area contributed by atoms with Crippen LogP contribution in [0.1, 0.15) is 25.8 Å². The number of hydroxylamine groups is 1. The van der Waals surface area contributed by atoms with E-state index in [2.05, 4.69) is 5.32 Å². The van der Waals surface area contributed by atoms with Crippen LogP contribution in [0.25, 0.3) is 0 Å². The van der Waals surface area contributed by atoms with Gasteiger partial charge in [0.1, 0.15) is 12.1 Å². The van der Waals surface area contributed by atoms with Crippen LogP contribution in [0.3, 0.4) is 0 Å². The molecule has 0 aliphatic carbocycles. The van der Waals surface area contributed by atoms with Crippen LogP contribution >= 0.6 is 7.95 Å². The highest BCUT2D eigenvalue weighted by Gasteiger charge is 2.32. The maximum absolute atomic E-state index is 12.7. The summed E-state index contributed by atoms with van der Waals surface area (Å²) in [5.74, 6) is -1.50. The van der Waals surface area contributed by atoms with Crippen molar-refractivity contribution in [1.29, 1.82) is 0 Å². The minimum absolute atomic E-state index is 0.109. The van der Waals surface area contributed by atoms with Gasteiger partial charge in [-0.15, -0.1) is 4.83 Å². The normalized spacial score (nSPS) is 15.0. The van der Waals surface area contributed by atoms with Crippen LogP contribution in [0.4, 0.5) is 0 Å². The SMILES string of the molecule is CON([C@@H](Cc1ccccc1)C(=O)N[C@@H](CC(C)C)C(=O)O)[PH](C)=O. The molecule has 25 heavy (non-hydrogen) atoms. The van der Waals surface area contributed by atoms with E-state index in [1.807, 2.05) is 44.2 Å². The quantitative estimate of drug-likeness (QED) is 0.484. The Balaban J connectivity index is 3.02. The van der Waals surface area contributed by atoms with Gasteiger partial charge < -0.3 is 15.0 Å². The van der Waals surface area contributed by atoms with Crippen molar-refractivity contribution in [2.24, 2.45) is 5.92 Å². The molecule has 1 aromatic carbocycles. The van der Waals surface area contributed by atoms with E-state index in [-0.39, 0.29) is 12.3 Å². The van der Waals surface area contributed by atoms with Gasteiger partial charge in [-0.25, -0.2) is 4.79 Å². The van der Waals surface area contributed by atoms with Gasteiger partial charge in [0.2, 0.25) is 5.91 Å². The molecule has 7 nitrogen and oxygen atoms in total. The van der Waals surface area contributed by atoms with Crippen LogP contribution in [0.15, 0.2) is 30.3 Å². The number of carboxylic acids is 1. The minimum atomic E-state index is -2.31. The second-order valence-corrected chi connectivity index (χ2v) is 7.74. The summed E-state index contributed by atoms with van der Waals surface area (Å²) in [5, 5.41) is 11.9. The van der Waals surface area contributed by atoms with Gasteiger partial charge in [0.25, 0.3) is 0 Å². The number of rotatable bonds is 10. The van der Waals surface area contributed by atoms with Crippen molar-refractivity contribution in [3.05, 3.63) is 35.9 Å². The Hall–Kier alpha value is -1.69. The first-order chi connectivity index (χ1) is 11.8. The molecule has 2 N–H and O–H groups in total. The Labute approximate surface area is 149 Å². The maximum atomic E-state index is 12.7. The van der Waals surface area contributed by atoms with Gasteiger partial charge in [0.15, 0.2) is 7.95 Å². The lowest BCUT2D eigenvalue weighted by Gasteiger charge is -2.28. The van der Waals surface area contributed by atoms with Gasteiger partial charge in [0.05, 0.1) is 7.11 Å². The monoisotopic (exact) mass is 370 g/mol. The molecule has 1 amide bonds. The molecule has 1 aromatic rings. The Morgan fingerprint density at radius 3 is 2.32 bits per heavy atom. The molecule has 0 aliphatic rings. The number of amides is 1. The van der Waals surface area contributed by atoms with Crippen molar-refractivity contribution in [2.75, 3.05) is 13.8 Å². The van der Waals surface area contributed by atoms with Crippen LogP contribution in [-0.4, -0.2) is 47.7 Å². The number of hydrogen-bond acceptors (Lipinski definition) is 4. The lowest BCUT2D eigenvalue weighted by molar-refractivity contribution is -0.147. The van der Waals surface area contributed by atoms with Gasteiger partial charge in [-0.2, -0.15) is 0 Å². The third-order valence-electron chi connectivity index (χ3n) is 3.69. The molecule has 3 atom stereocenters. The Bertz CT molecular complexity index is 594. The molecule has 0 fully saturated rings. The molecule has 0 aliphatic heterocycles. The molecular formula is C17H27N2O5P. The fraction of sp³-hybridized carbons (Fsp3) is 0.529. The van der Waals surface area contributed by atoms with E-state index in [0.717, 1.165) is 10.4 Å². The van der Waals surface area contributed by atoms with E-state index in [1.165, 1.54) is 13.8 Å². The minimum Gasteiger partial charge on any atom is -0.480 e. The van der Waals surface area contributed by atoms with Crippen LogP contribution in [0.2, 0.25) is 0 Å². The van der Waals surface area contributed by atoms with Crippen LogP contribution in [0.5, 0.6) is 0 Å². The molecule has 1 rings (SSSR count). The van der Waals surface area contributed by atoms with E-state index in [0.29, 0.717) is 6.42 Å². The molecule has 0 spiro atoms. The lowest BCUT2D eigenvalue weighted by atomic mass is 10.0. The molecule has 140 valence electrons. The average molecular weight is 370 g/mol. The Morgan fingerprint density at radius 1 is 1.28 bits per heavy atom. The van der Waals surface area contributed by atoms with Crippen LogP contribution in [0, 0.1) is 5.92 Å². The number of aliphatic carboxylic acids is 1. The maximum Gasteiger partial charge on any atom is 0.326 e. The average Bonchev–Trinajstić information content (AvgIpc) is 2.54. The summed E-state index contributed by atoms with van der Waals surface area (Å²) in [6, 6.07) is 7.37. The number of carbonyl (C=O) groups is 2. The lowest BCUT2D eigenvalue weighted by Crippen LogP contribution is -2.51. The summed E-state index contributed by atoms with van der Waals surface area (Å²) >= 11 is 0. The van der Waals surface area contributed by atoms with E-state index in [9.17, 15) is 19.3 Å². The first-order valence-electron chi connectivity index (χ1n) is 8.17. The second-order valence-electron chi connectivity index (χ2n) is 6.26. The molecule has 0 saturated heterocycles. The van der Waals surface area contributed by atoms with Crippen molar-refractivity contribution in [3.63, 3.8) is 0 Å². The van der Waals surface area contributed by atoms with Crippen molar-refractivity contribution in [1.82, 2.24) is 10.2 Å². The number of hydrogen-bond donors (Lipinski definition) is 2. The summed E-state index contributed by atoms with van der Waals surface area (Å²) in [4.78, 5) is 30.4. The van der Waals surface area contributed by atoms with E-state index >= 15 is 0 Å². The smallest absolute Gasteiger partial charge is 0.326 e. The first kappa shape index (κ1) is 21.4. The molecule has 1 unspecified atom stereocenters. The zero-order valence-electron chi connectivity index (χ0n) is 15.1. The number of benzene rings is 1. The molecule has 0 saturated carbocycles. The standard InChI is InChI=1S/C17H27N2O5P/c1-12(2)10-14(17(21)22)18-16(20)15(19(24-3)25(4)23)11-13-8-6-5-7-9-13/h5-9,12,14-15,25H,10-11H2,1-4H3,(H,18,20)(H,21,22)/t14-,15-/m0/s1. The fourth-order valence-corrected chi connectivity index (χ4v) is 3.46. The highest BCUT2D eigenvalue weighted by molar-refractivity contribution is 7.40. The number of nitrogens with one attached hydrogen (secondary N) is 1. The molecule has 0 aromatic heterocycles. The predicted octanol–water partition coefficient (Wildman–Crippen LogP) is 2.18. The molecule has 8 heteroatoms. The third-order valence-corrected chi connectivity index (χ3v) is 4.80. The Kier molecular flexibility index (Phi) is 8.83. The van der Waals surface area contributed by atoms with Gasteiger partial charge in [0, 0.05) is 6.66 Å². The highest BCUT2D eigenvalue weighted by atomic mass is 31.1. The molecule has 0 radical (unpaired) electrons. The van der Waals surface area contributed by atoms with Gasteiger partial charge in [-0.05, 0) is 24.3 Å². The van der Waals surface area contributed by atoms with E-state index in [1.54, 1.807) is 0 Å². The van der Waals surface area contributed by atoms with Crippen molar-refractivity contribution < 1.29 is 24.1 Å². The zero-order valence-corrected chi connectivity index (χ0v) is 16.1. The number of carbonyl (C=O) groups excluding carboxylic acids is 1. The zero-order chi connectivity index (χ0) is 19.0. The Morgan fingerprint density at radius 2 is 1.88 bits per heavy atom. The topological polar surface area (TPSA) is 95.9 Å². The third kappa shape index (κ3) is 6.98. The fourth-order valence-electron chi connectivity index (χ4n) is 2.56. The number of carboxylic acid groups (broad SMARTS) is 1. The van der Waals surface area contributed by atoms with E-state index < -0.39 is 31.9 Å². The molecular weight excluding hydrogens is 343 g/mol. The second kappa shape index (κ2) is 10.3. The largest absolute Gasteiger partial charge is 0.480 e. The highest BCUT2D eigenvalue weighted by Crippen LogP contribution is 2.27. The van der Waals surface area contributed by atoms with Crippen LogP contribution in [-0.2, 0) is 25.4 Å². The summed E-state index contributed by atoms with van der Waals surface area (Å²) in [6.45, 7) is 5.24. The number of nitrogens with zero attached hydrogens (tertiary/aromatic N) is 1. The summed E-state index contributed by atoms with van der Waals surface area (Å²) < 4.78 is 12.0. The van der Waals surface area contributed by atoms with Crippen molar-refractivity contribution in [3.8, 4) is 0 Å². The summed E-state index contributed by atoms with van der Waals surface area (Å²) in [5.41, 5.74) is 0.865. The summed E-state index contributed by atoms with van der Waals surface area (Å²) in [7, 11) is -0.964. The first-order valence-corrected chi connectivity index (χ1v) is 10.0. The molecule has 0 bridgehead atoms.